The molecule has 2 fully saturated rings. The molecule has 5 rings (SSSR count). The fourth-order valence-corrected chi connectivity index (χ4v) is 5.12. The van der Waals surface area contributed by atoms with Gasteiger partial charge in [0.05, 0.1) is 23.5 Å². The quantitative estimate of drug-likeness (QED) is 0.647. The fourth-order valence-electron chi connectivity index (χ4n) is 5.12. The maximum absolute atomic E-state index is 5.01. The lowest BCUT2D eigenvalue weighted by atomic mass is 9.75. The Morgan fingerprint density at radius 1 is 0.571 bits per heavy atom. The second kappa shape index (κ2) is 7.94. The van der Waals surface area contributed by atoms with Gasteiger partial charge < -0.3 is 0 Å². The van der Waals surface area contributed by atoms with Crippen molar-refractivity contribution in [3.63, 3.8) is 0 Å². The summed E-state index contributed by atoms with van der Waals surface area (Å²) >= 11 is 0. The molecule has 4 nitrogen and oxygen atoms in total. The van der Waals surface area contributed by atoms with Crippen LogP contribution in [-0.4, -0.2) is 34.5 Å². The smallest absolute Gasteiger partial charge is 0.0811 e. The molecule has 4 atom stereocenters. The predicted octanol–water partition coefficient (Wildman–Crippen LogP) is 5.08. The standard InChI is InChI=1S/C24H28N4/c1-2-10-20-19(9-1)21-13-5-7-17(27-21)15-25-23-11-3-4-12-24(23)26-16-18-8-6-14-22(20)28-18/h5-8,13-16,19-20,23-24H,1-4,9-12H2/t19-,20-,23+,24+/m1/s1. The number of rotatable bonds is 0. The molecule has 4 heteroatoms. The Labute approximate surface area is 167 Å². The van der Waals surface area contributed by atoms with Crippen molar-refractivity contribution in [2.24, 2.45) is 9.98 Å². The number of nitrogens with zero attached hydrogens (tertiary/aromatic N) is 4. The molecule has 2 aromatic rings. The third-order valence-corrected chi connectivity index (χ3v) is 6.60. The Morgan fingerprint density at radius 2 is 1.04 bits per heavy atom. The summed E-state index contributed by atoms with van der Waals surface area (Å²) in [5, 5.41) is 0. The predicted molar refractivity (Wildman–Crippen MR) is 114 cm³/mol. The molecule has 0 unspecified atom stereocenters. The number of fused-ring (bicyclic) bond motifs is 8. The van der Waals surface area contributed by atoms with E-state index in [-0.39, 0.29) is 12.1 Å². The molecule has 0 saturated heterocycles. The van der Waals surface area contributed by atoms with Crippen LogP contribution >= 0.6 is 0 Å². The highest BCUT2D eigenvalue weighted by molar-refractivity contribution is 5.78. The van der Waals surface area contributed by atoms with E-state index in [1.807, 2.05) is 12.4 Å². The Balaban J connectivity index is 1.60. The van der Waals surface area contributed by atoms with Gasteiger partial charge in [0, 0.05) is 35.7 Å². The molecule has 1 aliphatic heterocycles. The van der Waals surface area contributed by atoms with Gasteiger partial charge in [-0.25, -0.2) is 0 Å². The van der Waals surface area contributed by atoms with Crippen LogP contribution in [0.2, 0.25) is 0 Å². The lowest BCUT2D eigenvalue weighted by molar-refractivity contribution is 0.374. The number of aliphatic imine (C=N–C) groups is 2. The van der Waals surface area contributed by atoms with Gasteiger partial charge in [-0.1, -0.05) is 37.8 Å². The van der Waals surface area contributed by atoms with E-state index in [1.165, 1.54) is 49.9 Å². The molecule has 0 aromatic carbocycles. The van der Waals surface area contributed by atoms with Gasteiger partial charge in [0.15, 0.2) is 0 Å². The normalized spacial score (nSPS) is 29.4. The van der Waals surface area contributed by atoms with Crippen LogP contribution in [0.5, 0.6) is 0 Å². The largest absolute Gasteiger partial charge is 0.285 e. The average molecular weight is 373 g/mol. The molecule has 28 heavy (non-hydrogen) atoms. The van der Waals surface area contributed by atoms with Crippen molar-refractivity contribution in [1.82, 2.24) is 9.97 Å². The minimum Gasteiger partial charge on any atom is -0.285 e. The first-order valence-corrected chi connectivity index (χ1v) is 10.9. The van der Waals surface area contributed by atoms with Gasteiger partial charge in [-0.15, -0.1) is 0 Å². The third kappa shape index (κ3) is 3.65. The summed E-state index contributed by atoms with van der Waals surface area (Å²) < 4.78 is 0. The van der Waals surface area contributed by atoms with Crippen LogP contribution in [0.25, 0.3) is 0 Å². The Kier molecular flexibility index (Phi) is 5.03. The monoisotopic (exact) mass is 372 g/mol. The molecular weight excluding hydrogens is 344 g/mol. The zero-order valence-electron chi connectivity index (χ0n) is 16.4. The topological polar surface area (TPSA) is 50.5 Å². The van der Waals surface area contributed by atoms with Crippen molar-refractivity contribution in [1.29, 1.82) is 0 Å². The summed E-state index contributed by atoms with van der Waals surface area (Å²) in [4.78, 5) is 19.9. The van der Waals surface area contributed by atoms with E-state index in [0.29, 0.717) is 11.8 Å². The van der Waals surface area contributed by atoms with Crippen molar-refractivity contribution >= 4 is 12.4 Å². The van der Waals surface area contributed by atoms with Crippen LogP contribution in [0.15, 0.2) is 46.4 Å². The van der Waals surface area contributed by atoms with E-state index in [2.05, 4.69) is 36.4 Å². The zero-order valence-corrected chi connectivity index (χ0v) is 16.4. The first-order chi connectivity index (χ1) is 13.9. The Morgan fingerprint density at radius 3 is 1.54 bits per heavy atom. The van der Waals surface area contributed by atoms with Crippen LogP contribution in [0.4, 0.5) is 0 Å². The van der Waals surface area contributed by atoms with Gasteiger partial charge >= 0.3 is 0 Å². The maximum atomic E-state index is 5.01. The second-order valence-corrected chi connectivity index (χ2v) is 8.45. The first kappa shape index (κ1) is 17.7. The minimum absolute atomic E-state index is 0.254. The van der Waals surface area contributed by atoms with Crippen LogP contribution in [-0.2, 0) is 0 Å². The molecule has 4 bridgehead atoms. The third-order valence-electron chi connectivity index (χ3n) is 6.60. The molecule has 0 amide bonds. The molecule has 0 radical (unpaired) electrons. The van der Waals surface area contributed by atoms with Gasteiger partial charge in [-0.3, -0.25) is 20.0 Å². The van der Waals surface area contributed by atoms with Crippen molar-refractivity contribution in [2.75, 3.05) is 0 Å². The summed E-state index contributed by atoms with van der Waals surface area (Å²) in [7, 11) is 0. The lowest BCUT2D eigenvalue weighted by Crippen LogP contribution is -2.27. The molecule has 2 aliphatic carbocycles. The molecule has 0 spiro atoms. The van der Waals surface area contributed by atoms with Gasteiger partial charge in [0.25, 0.3) is 0 Å². The van der Waals surface area contributed by atoms with Crippen molar-refractivity contribution in [3.05, 3.63) is 59.2 Å². The van der Waals surface area contributed by atoms with Gasteiger partial charge in [-0.2, -0.15) is 0 Å². The van der Waals surface area contributed by atoms with E-state index in [0.717, 1.165) is 24.2 Å². The van der Waals surface area contributed by atoms with Crippen molar-refractivity contribution < 1.29 is 0 Å². The van der Waals surface area contributed by atoms with Gasteiger partial charge in [0.1, 0.15) is 0 Å². The van der Waals surface area contributed by atoms with E-state index in [4.69, 9.17) is 20.0 Å². The van der Waals surface area contributed by atoms with E-state index in [9.17, 15) is 0 Å². The summed E-state index contributed by atoms with van der Waals surface area (Å²) in [6.07, 6.45) is 13.6. The molecule has 3 aliphatic rings. The van der Waals surface area contributed by atoms with Crippen LogP contribution in [0.3, 0.4) is 0 Å². The summed E-state index contributed by atoms with van der Waals surface area (Å²) in [5.41, 5.74) is 4.36. The SMILES string of the molecule is C1=N[C@H]2CCCC[C@@H]2N=Cc2cccc(n2)[C@@H]2CCCC[C@H]2c2cccc1n2. The maximum Gasteiger partial charge on any atom is 0.0811 e. The first-order valence-electron chi connectivity index (χ1n) is 10.9. The van der Waals surface area contributed by atoms with E-state index >= 15 is 0 Å². The van der Waals surface area contributed by atoms with Crippen molar-refractivity contribution in [2.45, 2.75) is 75.3 Å². The molecule has 144 valence electrons. The number of hydrogen-bond acceptors (Lipinski definition) is 4. The fraction of sp³-hybridized carbons (Fsp3) is 0.500. The molecular formula is C24H28N4. The van der Waals surface area contributed by atoms with Crippen LogP contribution in [0.1, 0.15) is 86.0 Å². The second-order valence-electron chi connectivity index (χ2n) is 8.45. The highest BCUT2D eigenvalue weighted by Crippen LogP contribution is 2.42. The van der Waals surface area contributed by atoms with Gasteiger partial charge in [0.2, 0.25) is 0 Å². The highest BCUT2D eigenvalue weighted by atomic mass is 14.9. The lowest BCUT2D eigenvalue weighted by Gasteiger charge is -2.31. The van der Waals surface area contributed by atoms with Crippen LogP contribution in [0, 0.1) is 0 Å². The van der Waals surface area contributed by atoms with Gasteiger partial charge in [-0.05, 0) is 49.9 Å². The number of pyridine rings is 2. The molecule has 2 saturated carbocycles. The summed E-state index contributed by atoms with van der Waals surface area (Å²) in [6, 6.07) is 13.3. The van der Waals surface area contributed by atoms with Crippen LogP contribution < -0.4 is 0 Å². The average Bonchev–Trinajstić information content (AvgIpc) is 2.77. The summed E-state index contributed by atoms with van der Waals surface area (Å²) in [6.45, 7) is 0. The number of aromatic nitrogens is 2. The highest BCUT2D eigenvalue weighted by Gasteiger charge is 2.30. The minimum atomic E-state index is 0.254. The summed E-state index contributed by atoms with van der Waals surface area (Å²) in [5.74, 6) is 0.874. The number of hydrogen-bond donors (Lipinski definition) is 0. The molecule has 2 aromatic heterocycles. The van der Waals surface area contributed by atoms with Crippen molar-refractivity contribution in [3.8, 4) is 0 Å². The zero-order chi connectivity index (χ0) is 18.8. The van der Waals surface area contributed by atoms with E-state index < -0.39 is 0 Å². The molecule has 3 heterocycles. The Hall–Kier alpha value is -2.36. The Bertz CT molecular complexity index is 814. The molecule has 0 N–H and O–H groups in total. The van der Waals surface area contributed by atoms with E-state index in [1.54, 1.807) is 0 Å².